The van der Waals surface area contributed by atoms with Crippen LogP contribution in [0, 0.1) is 45.8 Å². The van der Waals surface area contributed by atoms with Gasteiger partial charge in [-0.05, 0) is 142 Å². The van der Waals surface area contributed by atoms with Gasteiger partial charge in [0, 0.05) is 18.9 Å². The van der Waals surface area contributed by atoms with Crippen LogP contribution in [-0.4, -0.2) is 57.8 Å². The number of hydrogen-bond donors (Lipinski definition) is 3. The van der Waals surface area contributed by atoms with Gasteiger partial charge in [0.2, 0.25) is 0 Å². The number of unbranched alkanes of at least 4 members (excludes halogenated alkanes) is 2. The second-order valence-electron chi connectivity index (χ2n) is 19.6. The molecule has 0 aromatic heterocycles. The molecule has 5 aliphatic rings. The number of carbonyl (C=O) groups is 2. The topological polar surface area (TPSA) is 113 Å². The van der Waals surface area contributed by atoms with E-state index in [4.69, 9.17) is 9.47 Å². The van der Waals surface area contributed by atoms with Crippen LogP contribution in [0.5, 0.6) is 0 Å². The summed E-state index contributed by atoms with van der Waals surface area (Å²) in [5.74, 6) is -0.0450. The molecule has 1 aliphatic heterocycles. The number of fused-ring (bicyclic) bond motifs is 1. The molecular formula is C48H74O7. The van der Waals surface area contributed by atoms with E-state index < -0.39 is 35.2 Å². The molecule has 1 spiro atoms. The molecule has 4 saturated carbocycles. The lowest BCUT2D eigenvalue weighted by Gasteiger charge is -2.70. The number of aliphatic hydroxyl groups is 3. The Morgan fingerprint density at radius 2 is 1.80 bits per heavy atom. The van der Waals surface area contributed by atoms with Gasteiger partial charge in [0.05, 0.1) is 23.2 Å². The number of aliphatic hydroxyl groups excluding tert-OH is 2. The molecule has 0 amide bonds. The fourth-order valence-electron chi connectivity index (χ4n) is 13.6. The number of ether oxygens (including phenoxy) is 2. The number of cyclic esters (lactones) is 1. The number of benzene rings is 1. The zero-order valence-electron chi connectivity index (χ0n) is 34.9. The van der Waals surface area contributed by atoms with Gasteiger partial charge in [0.15, 0.2) is 0 Å². The first kappa shape index (κ1) is 42.4. The lowest BCUT2D eigenvalue weighted by Crippen LogP contribution is -2.77. The van der Waals surface area contributed by atoms with Crippen molar-refractivity contribution in [3.05, 3.63) is 47.5 Å². The zero-order valence-corrected chi connectivity index (χ0v) is 34.9. The molecule has 7 nitrogen and oxygen atoms in total. The molecule has 6 rings (SSSR count). The maximum absolute atomic E-state index is 13.6. The van der Waals surface area contributed by atoms with Gasteiger partial charge in [-0.25, -0.2) is 4.79 Å². The average molecular weight is 763 g/mol. The Bertz CT molecular complexity index is 1480. The Hall–Kier alpha value is -2.22. The summed E-state index contributed by atoms with van der Waals surface area (Å²) in [5.41, 5.74) is -0.641. The highest BCUT2D eigenvalue weighted by Crippen LogP contribution is 2.71. The van der Waals surface area contributed by atoms with Gasteiger partial charge >= 0.3 is 11.9 Å². The summed E-state index contributed by atoms with van der Waals surface area (Å²) in [7, 11) is 0. The van der Waals surface area contributed by atoms with Crippen LogP contribution in [0.2, 0.25) is 0 Å². The maximum Gasteiger partial charge on any atom is 0.331 e. The van der Waals surface area contributed by atoms with E-state index in [1.165, 1.54) is 69.9 Å². The Kier molecular flexibility index (Phi) is 13.7. The highest BCUT2D eigenvalue weighted by atomic mass is 16.5. The van der Waals surface area contributed by atoms with E-state index in [1.54, 1.807) is 0 Å². The molecule has 12 atom stereocenters. The second-order valence-corrected chi connectivity index (χ2v) is 19.6. The summed E-state index contributed by atoms with van der Waals surface area (Å²) < 4.78 is 11.6. The largest absolute Gasteiger partial charge is 0.462 e. The number of hydrogen-bond acceptors (Lipinski definition) is 7. The summed E-state index contributed by atoms with van der Waals surface area (Å²) in [6, 6.07) is 10.6. The van der Waals surface area contributed by atoms with Crippen LogP contribution in [-0.2, 0) is 25.5 Å². The van der Waals surface area contributed by atoms with Gasteiger partial charge in [-0.2, -0.15) is 0 Å². The number of esters is 2. The van der Waals surface area contributed by atoms with Crippen LogP contribution in [0.3, 0.4) is 0 Å². The minimum absolute atomic E-state index is 0.211. The van der Waals surface area contributed by atoms with Crippen LogP contribution < -0.4 is 0 Å². The molecular weight excluding hydrogens is 689 g/mol. The molecule has 3 N–H and O–H groups in total. The predicted octanol–water partition coefficient (Wildman–Crippen LogP) is 9.68. The van der Waals surface area contributed by atoms with Gasteiger partial charge in [0.1, 0.15) is 12.7 Å². The van der Waals surface area contributed by atoms with Gasteiger partial charge in [-0.3, -0.25) is 4.79 Å². The fourth-order valence-corrected chi connectivity index (χ4v) is 13.6. The molecule has 4 aliphatic carbocycles. The Balaban J connectivity index is 1.35. The summed E-state index contributed by atoms with van der Waals surface area (Å²) in [4.78, 5) is 25.1. The van der Waals surface area contributed by atoms with Crippen LogP contribution >= 0.6 is 0 Å². The third-order valence-electron chi connectivity index (χ3n) is 16.4. The standard InChI is InChI=1S/C48H74O7/c1-6-7-9-18-38-19-13-25-46(38)27-23-39(31-46)45(5)26-24-42(51)48(41(50)21-20-33(2)14-12-17-36-15-10-8-11-16-36)44(45)40(55-35(4)49)29-34(3)47(48,53)28-22-37-30-43(52)54-32-37/h8,10-11,15-16,30,33-34,38-42,44,50-51,53H,6-7,9,12-14,17-29,31-32H2,1-5H3/t33-,34-,38+,39-,40-,41-,42+,44+,45+,46-,47-,48+/m1/s1. The highest BCUT2D eigenvalue weighted by Gasteiger charge is 2.75. The van der Waals surface area contributed by atoms with Crippen molar-refractivity contribution in [2.24, 2.45) is 45.8 Å². The minimum atomic E-state index is -1.47. The van der Waals surface area contributed by atoms with Crippen LogP contribution in [0.4, 0.5) is 0 Å². The molecule has 308 valence electrons. The third-order valence-corrected chi connectivity index (χ3v) is 16.4. The second kappa shape index (κ2) is 17.7. The number of carbonyl (C=O) groups excluding carboxylic acids is 2. The molecule has 0 saturated heterocycles. The van der Waals surface area contributed by atoms with Crippen molar-refractivity contribution in [2.75, 3.05) is 6.61 Å². The number of aryl methyl sites for hydroxylation is 1. The quantitative estimate of drug-likeness (QED) is 0.107. The first-order valence-electron chi connectivity index (χ1n) is 22.4. The van der Waals surface area contributed by atoms with E-state index in [0.29, 0.717) is 49.4 Å². The van der Waals surface area contributed by atoms with E-state index >= 15 is 0 Å². The molecule has 4 fully saturated rings. The molecule has 0 unspecified atom stereocenters. The lowest BCUT2D eigenvalue weighted by atomic mass is 9.38. The van der Waals surface area contributed by atoms with E-state index in [0.717, 1.165) is 56.4 Å². The summed E-state index contributed by atoms with van der Waals surface area (Å²) in [6.45, 7) is 10.6. The Morgan fingerprint density at radius 1 is 1.02 bits per heavy atom. The van der Waals surface area contributed by atoms with E-state index in [9.17, 15) is 24.9 Å². The summed E-state index contributed by atoms with van der Waals surface area (Å²) in [6.07, 6.45) is 18.3. The Morgan fingerprint density at radius 3 is 2.51 bits per heavy atom. The lowest BCUT2D eigenvalue weighted by molar-refractivity contribution is -0.326. The van der Waals surface area contributed by atoms with Crippen molar-refractivity contribution >= 4 is 11.9 Å². The van der Waals surface area contributed by atoms with E-state index in [2.05, 4.69) is 45.0 Å². The van der Waals surface area contributed by atoms with Crippen LogP contribution in [0.25, 0.3) is 0 Å². The predicted molar refractivity (Wildman–Crippen MR) is 217 cm³/mol. The third kappa shape index (κ3) is 8.37. The van der Waals surface area contributed by atoms with Crippen molar-refractivity contribution in [2.45, 2.75) is 187 Å². The minimum Gasteiger partial charge on any atom is -0.462 e. The maximum atomic E-state index is 13.6. The summed E-state index contributed by atoms with van der Waals surface area (Å²) in [5, 5.41) is 39.3. The van der Waals surface area contributed by atoms with E-state index in [1.807, 2.05) is 13.0 Å². The van der Waals surface area contributed by atoms with E-state index in [-0.39, 0.29) is 29.9 Å². The smallest absolute Gasteiger partial charge is 0.331 e. The normalized spacial score (nSPS) is 38.4. The van der Waals surface area contributed by atoms with Crippen molar-refractivity contribution in [3.63, 3.8) is 0 Å². The number of rotatable bonds is 17. The van der Waals surface area contributed by atoms with Gasteiger partial charge in [-0.15, -0.1) is 0 Å². The molecule has 7 heteroatoms. The van der Waals surface area contributed by atoms with Gasteiger partial charge < -0.3 is 24.8 Å². The van der Waals surface area contributed by atoms with Crippen LogP contribution in [0.1, 0.15) is 162 Å². The monoisotopic (exact) mass is 763 g/mol. The molecule has 55 heavy (non-hydrogen) atoms. The fraction of sp³-hybridized carbons (Fsp3) is 0.792. The first-order valence-corrected chi connectivity index (χ1v) is 22.4. The first-order chi connectivity index (χ1) is 26.3. The van der Waals surface area contributed by atoms with Crippen LogP contribution in [0.15, 0.2) is 42.0 Å². The molecule has 1 heterocycles. The zero-order chi connectivity index (χ0) is 39.4. The average Bonchev–Trinajstić information content (AvgIpc) is 3.90. The SMILES string of the molecule is CCCCC[C@H]1CCC[C@]12CC[C@@H]([C@]1(C)CC[C@H](O)[C@@]3([C@H](O)CC[C@H](C)CCCc4ccccc4)[C@H]1[C@H](OC(C)=O)C[C@@H](C)[C@]3(O)CCC1=CC(=O)OC1)C2. The van der Waals surface area contributed by atoms with Crippen molar-refractivity contribution < 1.29 is 34.4 Å². The molecule has 0 radical (unpaired) electrons. The molecule has 0 bridgehead atoms. The Labute approximate surface area is 332 Å². The van der Waals surface area contributed by atoms with Gasteiger partial charge in [0.25, 0.3) is 0 Å². The summed E-state index contributed by atoms with van der Waals surface area (Å²) >= 11 is 0. The highest BCUT2D eigenvalue weighted by molar-refractivity contribution is 5.85. The van der Waals surface area contributed by atoms with Crippen molar-refractivity contribution in [1.82, 2.24) is 0 Å². The van der Waals surface area contributed by atoms with Gasteiger partial charge in [-0.1, -0.05) is 90.1 Å². The molecule has 1 aromatic carbocycles. The van der Waals surface area contributed by atoms with Crippen molar-refractivity contribution in [1.29, 1.82) is 0 Å². The molecule has 1 aromatic rings. The van der Waals surface area contributed by atoms with Crippen molar-refractivity contribution in [3.8, 4) is 0 Å².